The highest BCUT2D eigenvalue weighted by Gasteiger charge is 2.00. The van der Waals surface area contributed by atoms with Crippen LogP contribution in [-0.2, 0) is 12.8 Å². The Morgan fingerprint density at radius 1 is 1.21 bits per heavy atom. The van der Waals surface area contributed by atoms with E-state index in [0.29, 0.717) is 12.8 Å². The Morgan fingerprint density at radius 2 is 2.00 bits per heavy atom. The van der Waals surface area contributed by atoms with Crippen LogP contribution in [-0.4, -0.2) is 0 Å². The van der Waals surface area contributed by atoms with E-state index >= 15 is 0 Å². The average molecular weight is 249 g/mol. The minimum Gasteiger partial charge on any atom is -0.198 e. The molecular formula is C11H9BrN2. The van der Waals surface area contributed by atoms with Crippen molar-refractivity contribution in [1.82, 2.24) is 0 Å². The number of hydrogen-bond acceptors (Lipinski definition) is 2. The standard InChI is InChI=1S/C11H9BrN2/c12-11-8-9(2-1-6-13)3-4-10(11)5-7-14/h3-4,8H,1-2,5H2. The fourth-order valence-electron chi connectivity index (χ4n) is 1.18. The summed E-state index contributed by atoms with van der Waals surface area (Å²) in [5.41, 5.74) is 2.12. The summed E-state index contributed by atoms with van der Waals surface area (Å²) in [7, 11) is 0. The molecule has 0 N–H and O–H groups in total. The van der Waals surface area contributed by atoms with Crippen LogP contribution in [0.3, 0.4) is 0 Å². The molecule has 0 radical (unpaired) electrons. The summed E-state index contributed by atoms with van der Waals surface area (Å²) in [6, 6.07) is 10.1. The summed E-state index contributed by atoms with van der Waals surface area (Å²) >= 11 is 3.41. The third-order valence-corrected chi connectivity index (χ3v) is 2.65. The van der Waals surface area contributed by atoms with Crippen LogP contribution in [0, 0.1) is 22.7 Å². The first-order valence-electron chi connectivity index (χ1n) is 4.29. The van der Waals surface area contributed by atoms with Crippen LogP contribution in [0.2, 0.25) is 0 Å². The van der Waals surface area contributed by atoms with Crippen molar-refractivity contribution in [3.8, 4) is 12.1 Å². The van der Waals surface area contributed by atoms with E-state index in [-0.39, 0.29) is 0 Å². The van der Waals surface area contributed by atoms with E-state index in [1.165, 1.54) is 0 Å². The molecule has 0 heterocycles. The summed E-state index contributed by atoms with van der Waals surface area (Å²) in [6.45, 7) is 0. The Kier molecular flexibility index (Phi) is 4.16. The smallest absolute Gasteiger partial charge is 0.0670 e. The van der Waals surface area contributed by atoms with Gasteiger partial charge in [-0.2, -0.15) is 10.5 Å². The molecule has 0 amide bonds. The molecule has 0 bridgehead atoms. The molecule has 0 aliphatic carbocycles. The Bertz CT molecular complexity index is 399. The van der Waals surface area contributed by atoms with Crippen molar-refractivity contribution in [3.05, 3.63) is 33.8 Å². The van der Waals surface area contributed by atoms with Gasteiger partial charge in [-0.3, -0.25) is 0 Å². The molecule has 0 aliphatic heterocycles. The maximum absolute atomic E-state index is 8.54. The topological polar surface area (TPSA) is 47.6 Å². The summed E-state index contributed by atoms with van der Waals surface area (Å²) in [5.74, 6) is 0. The first kappa shape index (κ1) is 10.8. The zero-order valence-electron chi connectivity index (χ0n) is 7.63. The van der Waals surface area contributed by atoms with Crippen LogP contribution in [0.1, 0.15) is 17.5 Å². The van der Waals surface area contributed by atoms with Crippen LogP contribution in [0.4, 0.5) is 0 Å². The highest BCUT2D eigenvalue weighted by atomic mass is 79.9. The lowest BCUT2D eigenvalue weighted by molar-refractivity contribution is 1.01. The zero-order chi connectivity index (χ0) is 10.4. The van der Waals surface area contributed by atoms with Crippen molar-refractivity contribution < 1.29 is 0 Å². The van der Waals surface area contributed by atoms with Gasteiger partial charge in [-0.25, -0.2) is 0 Å². The van der Waals surface area contributed by atoms with Crippen LogP contribution < -0.4 is 0 Å². The van der Waals surface area contributed by atoms with Gasteiger partial charge < -0.3 is 0 Å². The highest BCUT2D eigenvalue weighted by Crippen LogP contribution is 2.19. The van der Waals surface area contributed by atoms with Crippen molar-refractivity contribution in [3.63, 3.8) is 0 Å². The van der Waals surface area contributed by atoms with Gasteiger partial charge >= 0.3 is 0 Å². The predicted molar refractivity (Wildman–Crippen MR) is 57.4 cm³/mol. The second-order valence-electron chi connectivity index (χ2n) is 2.92. The second-order valence-corrected chi connectivity index (χ2v) is 3.77. The van der Waals surface area contributed by atoms with Crippen molar-refractivity contribution in [2.24, 2.45) is 0 Å². The first-order chi connectivity index (χ1) is 6.77. The predicted octanol–water partition coefficient (Wildman–Crippen LogP) is 2.97. The number of rotatable bonds is 3. The molecule has 2 nitrogen and oxygen atoms in total. The van der Waals surface area contributed by atoms with Crippen LogP contribution in [0.15, 0.2) is 22.7 Å². The van der Waals surface area contributed by atoms with E-state index in [9.17, 15) is 0 Å². The quantitative estimate of drug-likeness (QED) is 0.826. The number of nitrogens with zero attached hydrogens (tertiary/aromatic N) is 2. The monoisotopic (exact) mass is 248 g/mol. The lowest BCUT2D eigenvalue weighted by Gasteiger charge is -2.02. The molecular weight excluding hydrogens is 240 g/mol. The molecule has 0 saturated heterocycles. The van der Waals surface area contributed by atoms with E-state index in [0.717, 1.165) is 22.0 Å². The molecule has 1 rings (SSSR count). The number of nitriles is 2. The number of aryl methyl sites for hydroxylation is 1. The fraction of sp³-hybridized carbons (Fsp3) is 0.273. The van der Waals surface area contributed by atoms with Gasteiger partial charge in [-0.1, -0.05) is 28.1 Å². The molecule has 3 heteroatoms. The highest BCUT2D eigenvalue weighted by molar-refractivity contribution is 9.10. The Hall–Kier alpha value is -1.32. The van der Waals surface area contributed by atoms with Gasteiger partial charge in [0.2, 0.25) is 0 Å². The van der Waals surface area contributed by atoms with Gasteiger partial charge in [-0.15, -0.1) is 0 Å². The summed E-state index contributed by atoms with van der Waals surface area (Å²) in [6.07, 6.45) is 1.71. The molecule has 14 heavy (non-hydrogen) atoms. The van der Waals surface area contributed by atoms with Gasteiger partial charge in [0.15, 0.2) is 0 Å². The van der Waals surface area contributed by atoms with Crippen molar-refractivity contribution in [2.75, 3.05) is 0 Å². The number of halogens is 1. The molecule has 0 saturated carbocycles. The minimum atomic E-state index is 0.416. The van der Waals surface area contributed by atoms with E-state index in [4.69, 9.17) is 10.5 Å². The van der Waals surface area contributed by atoms with Gasteiger partial charge in [0.1, 0.15) is 0 Å². The largest absolute Gasteiger partial charge is 0.198 e. The maximum Gasteiger partial charge on any atom is 0.0670 e. The summed E-state index contributed by atoms with van der Waals surface area (Å²) in [4.78, 5) is 0. The molecule has 0 aliphatic rings. The van der Waals surface area contributed by atoms with E-state index < -0.39 is 0 Å². The van der Waals surface area contributed by atoms with Crippen molar-refractivity contribution in [2.45, 2.75) is 19.3 Å². The first-order valence-corrected chi connectivity index (χ1v) is 5.08. The molecule has 1 aromatic carbocycles. The lowest BCUT2D eigenvalue weighted by atomic mass is 10.1. The Morgan fingerprint density at radius 3 is 2.57 bits per heavy atom. The molecule has 0 aromatic heterocycles. The van der Waals surface area contributed by atoms with E-state index in [2.05, 4.69) is 28.1 Å². The molecule has 0 atom stereocenters. The van der Waals surface area contributed by atoms with Gasteiger partial charge in [0.25, 0.3) is 0 Å². The van der Waals surface area contributed by atoms with Crippen molar-refractivity contribution >= 4 is 15.9 Å². The normalized spacial score (nSPS) is 9.07. The molecule has 70 valence electrons. The van der Waals surface area contributed by atoms with E-state index in [1.54, 1.807) is 0 Å². The second kappa shape index (κ2) is 5.42. The van der Waals surface area contributed by atoms with Gasteiger partial charge in [0.05, 0.1) is 18.6 Å². The van der Waals surface area contributed by atoms with Crippen molar-refractivity contribution in [1.29, 1.82) is 10.5 Å². The Labute approximate surface area is 91.9 Å². The zero-order valence-corrected chi connectivity index (χ0v) is 9.21. The average Bonchev–Trinajstić information content (AvgIpc) is 2.19. The fourth-order valence-corrected chi connectivity index (χ4v) is 1.74. The van der Waals surface area contributed by atoms with Crippen LogP contribution >= 0.6 is 15.9 Å². The summed E-state index contributed by atoms with van der Waals surface area (Å²) < 4.78 is 0.953. The molecule has 1 aromatic rings. The third kappa shape index (κ3) is 2.87. The SMILES string of the molecule is N#CCCc1ccc(CC#N)c(Br)c1. The number of benzene rings is 1. The number of hydrogen-bond donors (Lipinski definition) is 0. The van der Waals surface area contributed by atoms with Gasteiger partial charge in [-0.05, 0) is 23.6 Å². The minimum absolute atomic E-state index is 0.416. The Balaban J connectivity index is 2.80. The van der Waals surface area contributed by atoms with E-state index in [1.807, 2.05) is 18.2 Å². The summed E-state index contributed by atoms with van der Waals surface area (Å²) in [5, 5.41) is 17.0. The van der Waals surface area contributed by atoms with Crippen LogP contribution in [0.5, 0.6) is 0 Å². The molecule has 0 spiro atoms. The maximum atomic E-state index is 8.54. The van der Waals surface area contributed by atoms with Crippen LogP contribution in [0.25, 0.3) is 0 Å². The third-order valence-electron chi connectivity index (χ3n) is 1.91. The lowest BCUT2D eigenvalue weighted by Crippen LogP contribution is -1.88. The molecule has 0 fully saturated rings. The van der Waals surface area contributed by atoms with Gasteiger partial charge in [0, 0.05) is 10.9 Å². The molecule has 0 unspecified atom stereocenters.